The van der Waals surface area contributed by atoms with E-state index >= 15 is 0 Å². The van der Waals surface area contributed by atoms with Crippen LogP contribution in [-0.4, -0.2) is 52.8 Å². The average molecular weight is 525 g/mol. The Morgan fingerprint density at radius 3 is 2.73 bits per heavy atom. The van der Waals surface area contributed by atoms with Gasteiger partial charge in [-0.15, -0.1) is 0 Å². The first-order valence-corrected chi connectivity index (χ1v) is 13.6. The monoisotopic (exact) mass is 524 g/mol. The molecule has 1 aliphatic heterocycles. The second kappa shape index (κ2) is 13.2. The number of benzene rings is 2. The van der Waals surface area contributed by atoms with Gasteiger partial charge in [0, 0.05) is 29.6 Å². The van der Waals surface area contributed by atoms with Gasteiger partial charge in [0.05, 0.1) is 18.7 Å². The highest BCUT2D eigenvalue weighted by atomic mass is 35.5. The van der Waals surface area contributed by atoms with Crippen LogP contribution in [0.3, 0.4) is 0 Å². The number of aromatic nitrogens is 1. The number of unbranched alkanes of at least 4 members (excludes halogenated alkanes) is 1. The summed E-state index contributed by atoms with van der Waals surface area (Å²) in [7, 11) is 1.63. The number of aliphatic hydroxyl groups excluding tert-OH is 1. The molecule has 0 radical (unpaired) electrons. The van der Waals surface area contributed by atoms with E-state index in [9.17, 15) is 15.0 Å². The van der Waals surface area contributed by atoms with Crippen LogP contribution in [0, 0.1) is 11.8 Å². The Kier molecular flexibility index (Phi) is 9.78. The first kappa shape index (κ1) is 27.4. The van der Waals surface area contributed by atoms with E-state index in [2.05, 4.69) is 22.0 Å². The molecule has 198 valence electrons. The molecule has 0 unspecified atom stereocenters. The Labute approximate surface area is 224 Å². The van der Waals surface area contributed by atoms with Gasteiger partial charge in [0.1, 0.15) is 5.75 Å². The predicted molar refractivity (Wildman–Crippen MR) is 147 cm³/mol. The molecule has 0 spiro atoms. The fourth-order valence-corrected chi connectivity index (χ4v) is 5.73. The fourth-order valence-electron chi connectivity index (χ4n) is 5.60. The summed E-state index contributed by atoms with van der Waals surface area (Å²) >= 11 is 5.97. The second-order valence-corrected chi connectivity index (χ2v) is 10.6. The van der Waals surface area contributed by atoms with Gasteiger partial charge in [-0.05, 0) is 111 Å². The second-order valence-electron chi connectivity index (χ2n) is 10.2. The van der Waals surface area contributed by atoms with Crippen molar-refractivity contribution in [3.63, 3.8) is 0 Å². The number of halogens is 1. The number of piperidine rings is 1. The van der Waals surface area contributed by atoms with Crippen LogP contribution in [0.4, 0.5) is 0 Å². The third kappa shape index (κ3) is 7.67. The highest BCUT2D eigenvalue weighted by molar-refractivity contribution is 6.30. The number of aryl methyl sites for hydroxylation is 1. The van der Waals surface area contributed by atoms with Crippen molar-refractivity contribution in [3.8, 4) is 5.75 Å². The zero-order chi connectivity index (χ0) is 26.2. The van der Waals surface area contributed by atoms with Gasteiger partial charge in [-0.1, -0.05) is 23.7 Å². The number of aliphatic carboxylic acids is 1. The SMILES string of the molecule is COc1ccc2nccc([C@H](O)CC[C@@H]3CCN(CCCCc4ccc(Cl)cc4)C[C@@H]3CC(=O)O)c2c1. The maximum Gasteiger partial charge on any atom is 0.303 e. The number of likely N-dealkylation sites (tertiary alicyclic amines) is 1. The number of hydrogen-bond acceptors (Lipinski definition) is 5. The maximum absolute atomic E-state index is 11.6. The van der Waals surface area contributed by atoms with E-state index in [0.717, 1.165) is 79.0 Å². The van der Waals surface area contributed by atoms with Gasteiger partial charge in [-0.25, -0.2) is 0 Å². The molecule has 2 heterocycles. The van der Waals surface area contributed by atoms with E-state index in [4.69, 9.17) is 16.3 Å². The Hall–Kier alpha value is -2.67. The highest BCUT2D eigenvalue weighted by Crippen LogP contribution is 2.35. The van der Waals surface area contributed by atoms with Gasteiger partial charge < -0.3 is 19.8 Å². The number of carbonyl (C=O) groups is 1. The molecule has 37 heavy (non-hydrogen) atoms. The molecule has 4 rings (SSSR count). The van der Waals surface area contributed by atoms with Crippen LogP contribution in [-0.2, 0) is 11.2 Å². The first-order chi connectivity index (χ1) is 17.9. The van der Waals surface area contributed by atoms with Crippen molar-refractivity contribution in [1.29, 1.82) is 0 Å². The van der Waals surface area contributed by atoms with Crippen molar-refractivity contribution >= 4 is 28.5 Å². The number of hydrogen-bond donors (Lipinski definition) is 2. The quantitative estimate of drug-likeness (QED) is 0.277. The molecule has 1 fully saturated rings. The molecule has 0 bridgehead atoms. The molecule has 6 nitrogen and oxygen atoms in total. The van der Waals surface area contributed by atoms with Crippen LogP contribution in [0.25, 0.3) is 10.9 Å². The third-order valence-electron chi connectivity index (χ3n) is 7.67. The zero-order valence-electron chi connectivity index (χ0n) is 21.5. The van der Waals surface area contributed by atoms with Crippen LogP contribution in [0.2, 0.25) is 5.02 Å². The molecule has 1 saturated heterocycles. The lowest BCUT2D eigenvalue weighted by Crippen LogP contribution is -2.41. The number of rotatable bonds is 12. The Morgan fingerprint density at radius 2 is 1.97 bits per heavy atom. The molecular formula is C30H37ClN2O4. The molecule has 1 aliphatic rings. The summed E-state index contributed by atoms with van der Waals surface area (Å²) in [5.41, 5.74) is 2.97. The maximum atomic E-state index is 11.6. The molecule has 1 aromatic heterocycles. The van der Waals surface area contributed by atoms with Crippen LogP contribution < -0.4 is 4.74 Å². The van der Waals surface area contributed by atoms with Crippen molar-refractivity contribution < 1.29 is 19.7 Å². The van der Waals surface area contributed by atoms with E-state index < -0.39 is 12.1 Å². The van der Waals surface area contributed by atoms with E-state index in [1.165, 1.54) is 5.56 Å². The first-order valence-electron chi connectivity index (χ1n) is 13.2. The summed E-state index contributed by atoms with van der Waals surface area (Å²) in [6.45, 7) is 2.78. The van der Waals surface area contributed by atoms with Gasteiger partial charge in [-0.3, -0.25) is 9.78 Å². The Balaban J connectivity index is 1.30. The number of carboxylic acid groups (broad SMARTS) is 1. The van der Waals surface area contributed by atoms with E-state index in [0.29, 0.717) is 12.3 Å². The van der Waals surface area contributed by atoms with Crippen molar-refractivity contribution in [1.82, 2.24) is 9.88 Å². The number of pyridine rings is 1. The molecule has 7 heteroatoms. The molecule has 2 aromatic carbocycles. The molecule has 3 aromatic rings. The minimum Gasteiger partial charge on any atom is -0.497 e. The smallest absolute Gasteiger partial charge is 0.303 e. The van der Waals surface area contributed by atoms with Gasteiger partial charge in [0.25, 0.3) is 0 Å². The Bertz CT molecular complexity index is 1170. The molecule has 0 saturated carbocycles. The fraction of sp³-hybridized carbons (Fsp3) is 0.467. The molecule has 0 amide bonds. The van der Waals surface area contributed by atoms with E-state index in [-0.39, 0.29) is 12.3 Å². The van der Waals surface area contributed by atoms with Crippen LogP contribution in [0.5, 0.6) is 5.75 Å². The van der Waals surface area contributed by atoms with Gasteiger partial charge in [-0.2, -0.15) is 0 Å². The predicted octanol–water partition coefficient (Wildman–Crippen LogP) is 6.15. The summed E-state index contributed by atoms with van der Waals surface area (Å²) in [6, 6.07) is 15.6. The molecular weight excluding hydrogens is 488 g/mol. The van der Waals surface area contributed by atoms with Crippen molar-refractivity contribution in [3.05, 3.63) is 70.9 Å². The third-order valence-corrected chi connectivity index (χ3v) is 7.92. The summed E-state index contributed by atoms with van der Waals surface area (Å²) in [4.78, 5) is 18.5. The van der Waals surface area contributed by atoms with E-state index in [1.54, 1.807) is 13.3 Å². The number of methoxy groups -OCH3 is 1. The van der Waals surface area contributed by atoms with Gasteiger partial charge in [0.15, 0.2) is 0 Å². The van der Waals surface area contributed by atoms with Crippen molar-refractivity contribution in [2.45, 2.75) is 51.0 Å². The molecule has 3 atom stereocenters. The minimum absolute atomic E-state index is 0.101. The van der Waals surface area contributed by atoms with E-state index in [1.807, 2.05) is 36.4 Å². The van der Waals surface area contributed by atoms with Crippen LogP contribution in [0.1, 0.15) is 55.8 Å². The number of nitrogens with zero attached hydrogens (tertiary/aromatic N) is 2. The van der Waals surface area contributed by atoms with Crippen molar-refractivity contribution in [2.24, 2.45) is 11.8 Å². The number of ether oxygens (including phenoxy) is 1. The Morgan fingerprint density at radius 1 is 1.16 bits per heavy atom. The average Bonchev–Trinajstić information content (AvgIpc) is 2.90. The highest BCUT2D eigenvalue weighted by Gasteiger charge is 2.31. The lowest BCUT2D eigenvalue weighted by atomic mass is 9.79. The number of carboxylic acids is 1. The molecule has 2 N–H and O–H groups in total. The van der Waals surface area contributed by atoms with Gasteiger partial charge in [0.2, 0.25) is 0 Å². The zero-order valence-corrected chi connectivity index (χ0v) is 22.2. The van der Waals surface area contributed by atoms with Crippen LogP contribution >= 0.6 is 11.6 Å². The largest absolute Gasteiger partial charge is 0.497 e. The summed E-state index contributed by atoms with van der Waals surface area (Å²) in [5, 5.41) is 22.3. The minimum atomic E-state index is -0.743. The number of fused-ring (bicyclic) bond motifs is 1. The lowest BCUT2D eigenvalue weighted by Gasteiger charge is -2.38. The standard InChI is InChI=1S/C30H37ClN2O4/c1-37-25-10-11-28-27(19-25)26(13-15-32-28)29(34)12-7-22-14-17-33(20-23(22)18-30(35)36)16-3-2-4-21-5-8-24(31)9-6-21/h5-6,8-11,13,15,19,22-23,29,34H,2-4,7,12,14,16-18,20H2,1H3,(H,35,36)/t22-,23+,29-/m1/s1. The summed E-state index contributed by atoms with van der Waals surface area (Å²) < 4.78 is 5.36. The molecule has 0 aliphatic carbocycles. The summed E-state index contributed by atoms with van der Waals surface area (Å²) in [6.07, 6.45) is 6.85. The lowest BCUT2D eigenvalue weighted by molar-refractivity contribution is -0.139. The topological polar surface area (TPSA) is 82.9 Å². The van der Waals surface area contributed by atoms with Crippen LogP contribution in [0.15, 0.2) is 54.7 Å². The number of aliphatic hydroxyl groups is 1. The normalized spacial score (nSPS) is 19.1. The van der Waals surface area contributed by atoms with Gasteiger partial charge >= 0.3 is 5.97 Å². The van der Waals surface area contributed by atoms with Crippen molar-refractivity contribution in [2.75, 3.05) is 26.7 Å². The summed E-state index contributed by atoms with van der Waals surface area (Å²) in [5.74, 6) is 0.381.